The van der Waals surface area contributed by atoms with Gasteiger partial charge in [0.1, 0.15) is 11.5 Å². The fraction of sp³-hybridized carbons (Fsp3) is 0.615. The van der Waals surface area contributed by atoms with Crippen LogP contribution in [-0.2, 0) is 0 Å². The number of hydrogen-bond acceptors (Lipinski definition) is 4. The molecular weight excluding hydrogens is 228 g/mol. The van der Waals surface area contributed by atoms with Crippen LogP contribution in [-0.4, -0.2) is 29.0 Å². The molecule has 100 valence electrons. The molecule has 0 aliphatic carbocycles. The summed E-state index contributed by atoms with van der Waals surface area (Å²) in [6.07, 6.45) is 3.09. The van der Waals surface area contributed by atoms with Crippen LogP contribution in [0.2, 0.25) is 0 Å². The monoisotopic (exact) mass is 250 g/mol. The van der Waals surface area contributed by atoms with Crippen molar-refractivity contribution in [1.82, 2.24) is 15.3 Å². The Bertz CT molecular complexity index is 373. The number of nitrogens with zero attached hydrogens (tertiary/aromatic N) is 2. The number of anilines is 1. The molecule has 1 aromatic rings. The van der Waals surface area contributed by atoms with Crippen molar-refractivity contribution in [2.45, 2.75) is 27.7 Å². The molecule has 0 saturated heterocycles. The maximum Gasteiger partial charge on any atom is 0.271 e. The highest BCUT2D eigenvalue weighted by Crippen LogP contribution is 2.03. The van der Waals surface area contributed by atoms with E-state index in [4.69, 9.17) is 0 Å². The molecule has 5 heteroatoms. The van der Waals surface area contributed by atoms with Crippen LogP contribution in [0.25, 0.3) is 0 Å². The highest BCUT2D eigenvalue weighted by atomic mass is 16.1. The lowest BCUT2D eigenvalue weighted by Gasteiger charge is -2.09. The minimum atomic E-state index is -0.174. The summed E-state index contributed by atoms with van der Waals surface area (Å²) in [5.74, 6) is 1.49. The third-order valence-electron chi connectivity index (χ3n) is 2.25. The first kappa shape index (κ1) is 14.4. The molecule has 1 rings (SSSR count). The molecule has 1 aromatic heterocycles. The van der Waals surface area contributed by atoms with Crippen LogP contribution >= 0.6 is 0 Å². The third kappa shape index (κ3) is 5.12. The van der Waals surface area contributed by atoms with Gasteiger partial charge >= 0.3 is 0 Å². The second kappa shape index (κ2) is 6.93. The van der Waals surface area contributed by atoms with Crippen LogP contribution in [0.1, 0.15) is 38.2 Å². The molecule has 5 nitrogen and oxygen atoms in total. The predicted molar refractivity (Wildman–Crippen MR) is 72.5 cm³/mol. The molecule has 0 saturated carbocycles. The van der Waals surface area contributed by atoms with Gasteiger partial charge in [0, 0.05) is 13.1 Å². The van der Waals surface area contributed by atoms with E-state index in [0.29, 0.717) is 29.9 Å². The number of nitrogens with one attached hydrogen (secondary N) is 2. The zero-order chi connectivity index (χ0) is 13.5. The molecule has 0 aliphatic rings. The van der Waals surface area contributed by atoms with E-state index in [1.165, 1.54) is 6.20 Å². The summed E-state index contributed by atoms with van der Waals surface area (Å²) in [6.45, 7) is 9.82. The number of rotatable bonds is 6. The molecular formula is C13H22N4O. The normalized spacial score (nSPS) is 10.8. The second-order valence-corrected chi connectivity index (χ2v) is 5.17. The first-order valence-electron chi connectivity index (χ1n) is 6.33. The van der Waals surface area contributed by atoms with Crippen molar-refractivity contribution >= 4 is 11.7 Å². The first-order valence-corrected chi connectivity index (χ1v) is 6.33. The fourth-order valence-corrected chi connectivity index (χ4v) is 1.23. The summed E-state index contributed by atoms with van der Waals surface area (Å²) in [4.78, 5) is 20.0. The van der Waals surface area contributed by atoms with Gasteiger partial charge in [0.25, 0.3) is 5.91 Å². The molecule has 18 heavy (non-hydrogen) atoms. The van der Waals surface area contributed by atoms with Crippen LogP contribution in [0.5, 0.6) is 0 Å². The quantitative estimate of drug-likeness (QED) is 0.809. The van der Waals surface area contributed by atoms with Gasteiger partial charge in [0.15, 0.2) is 0 Å². The zero-order valence-electron chi connectivity index (χ0n) is 11.5. The topological polar surface area (TPSA) is 66.9 Å². The van der Waals surface area contributed by atoms with Gasteiger partial charge < -0.3 is 10.6 Å². The second-order valence-electron chi connectivity index (χ2n) is 5.17. The highest BCUT2D eigenvalue weighted by Gasteiger charge is 2.08. The van der Waals surface area contributed by atoms with E-state index in [9.17, 15) is 4.79 Å². The number of aromatic nitrogens is 2. The van der Waals surface area contributed by atoms with Crippen LogP contribution in [0.3, 0.4) is 0 Å². The van der Waals surface area contributed by atoms with Gasteiger partial charge in [-0.1, -0.05) is 27.7 Å². The maximum atomic E-state index is 11.7. The summed E-state index contributed by atoms with van der Waals surface area (Å²) in [5, 5.41) is 5.96. The van der Waals surface area contributed by atoms with Crippen LogP contribution < -0.4 is 10.6 Å². The molecule has 0 aliphatic heterocycles. The van der Waals surface area contributed by atoms with Crippen molar-refractivity contribution in [2.24, 2.45) is 11.8 Å². The van der Waals surface area contributed by atoms with Crippen molar-refractivity contribution in [1.29, 1.82) is 0 Å². The molecule has 0 spiro atoms. The first-order chi connectivity index (χ1) is 8.49. The molecule has 1 amide bonds. The van der Waals surface area contributed by atoms with Gasteiger partial charge in [-0.25, -0.2) is 9.97 Å². The summed E-state index contributed by atoms with van der Waals surface area (Å²) < 4.78 is 0. The number of amides is 1. The van der Waals surface area contributed by atoms with Gasteiger partial charge in [-0.2, -0.15) is 0 Å². The fourth-order valence-electron chi connectivity index (χ4n) is 1.23. The molecule has 0 aromatic carbocycles. The van der Waals surface area contributed by atoms with E-state index < -0.39 is 0 Å². The van der Waals surface area contributed by atoms with Gasteiger partial charge in [0.2, 0.25) is 0 Å². The van der Waals surface area contributed by atoms with Crippen LogP contribution in [0.4, 0.5) is 5.82 Å². The minimum Gasteiger partial charge on any atom is -0.369 e. The van der Waals surface area contributed by atoms with Crippen LogP contribution in [0.15, 0.2) is 12.4 Å². The van der Waals surface area contributed by atoms with Crippen molar-refractivity contribution < 1.29 is 4.79 Å². The summed E-state index contributed by atoms with van der Waals surface area (Å²) in [6, 6.07) is 0. The average molecular weight is 250 g/mol. The average Bonchev–Trinajstić information content (AvgIpc) is 2.34. The Hall–Kier alpha value is -1.65. The lowest BCUT2D eigenvalue weighted by molar-refractivity contribution is 0.0943. The Morgan fingerprint density at radius 3 is 2.28 bits per heavy atom. The lowest BCUT2D eigenvalue weighted by Crippen LogP contribution is -2.28. The van der Waals surface area contributed by atoms with Gasteiger partial charge in [0.05, 0.1) is 12.4 Å². The molecule has 2 N–H and O–H groups in total. The van der Waals surface area contributed by atoms with Crippen molar-refractivity contribution in [3.63, 3.8) is 0 Å². The summed E-state index contributed by atoms with van der Waals surface area (Å²) >= 11 is 0. The van der Waals surface area contributed by atoms with Gasteiger partial charge in [-0.3, -0.25) is 4.79 Å². The maximum absolute atomic E-state index is 11.7. The Balaban J connectivity index is 2.51. The highest BCUT2D eigenvalue weighted by molar-refractivity contribution is 5.91. The van der Waals surface area contributed by atoms with E-state index in [-0.39, 0.29) is 5.91 Å². The molecule has 0 fully saturated rings. The van der Waals surface area contributed by atoms with E-state index in [2.05, 4.69) is 34.4 Å². The SMILES string of the molecule is CC(C)CNC(=O)c1cnc(NCC(C)C)cn1. The smallest absolute Gasteiger partial charge is 0.271 e. The third-order valence-corrected chi connectivity index (χ3v) is 2.25. The van der Waals surface area contributed by atoms with E-state index >= 15 is 0 Å². The molecule has 0 bridgehead atoms. The Labute approximate surface area is 108 Å². The molecule has 0 unspecified atom stereocenters. The van der Waals surface area contributed by atoms with E-state index in [1.807, 2.05) is 13.8 Å². The molecule has 0 atom stereocenters. The zero-order valence-corrected chi connectivity index (χ0v) is 11.5. The van der Waals surface area contributed by atoms with Gasteiger partial charge in [-0.05, 0) is 11.8 Å². The summed E-state index contributed by atoms with van der Waals surface area (Å²) in [7, 11) is 0. The van der Waals surface area contributed by atoms with Crippen molar-refractivity contribution in [2.75, 3.05) is 18.4 Å². The molecule has 0 radical (unpaired) electrons. The standard InChI is InChI=1S/C13H22N4O/c1-9(2)5-15-12-8-14-11(7-16-12)13(18)17-6-10(3)4/h7-10H,5-6H2,1-4H3,(H,15,16)(H,17,18). The van der Waals surface area contributed by atoms with Gasteiger partial charge in [-0.15, -0.1) is 0 Å². The predicted octanol–water partition coefficient (Wildman–Crippen LogP) is 1.93. The van der Waals surface area contributed by atoms with Crippen LogP contribution in [0, 0.1) is 11.8 Å². The molecule has 1 heterocycles. The Morgan fingerprint density at radius 1 is 1.11 bits per heavy atom. The minimum absolute atomic E-state index is 0.174. The number of carbonyl (C=O) groups is 1. The summed E-state index contributed by atoms with van der Waals surface area (Å²) in [5.41, 5.74) is 0.353. The number of carbonyl (C=O) groups excluding carboxylic acids is 1. The van der Waals surface area contributed by atoms with Crippen molar-refractivity contribution in [3.05, 3.63) is 18.1 Å². The Kier molecular flexibility index (Phi) is 5.55. The van der Waals surface area contributed by atoms with E-state index in [0.717, 1.165) is 6.54 Å². The Morgan fingerprint density at radius 2 is 1.78 bits per heavy atom. The lowest BCUT2D eigenvalue weighted by atomic mass is 10.2. The number of hydrogen-bond donors (Lipinski definition) is 2. The largest absolute Gasteiger partial charge is 0.369 e. The van der Waals surface area contributed by atoms with Crippen molar-refractivity contribution in [3.8, 4) is 0 Å². The van der Waals surface area contributed by atoms with E-state index in [1.54, 1.807) is 6.20 Å².